The monoisotopic (exact) mass is 341 g/mol. The van der Waals surface area contributed by atoms with Gasteiger partial charge in [-0.3, -0.25) is 4.98 Å². The second-order valence-corrected chi connectivity index (χ2v) is 6.11. The van der Waals surface area contributed by atoms with E-state index in [1.54, 1.807) is 23.3 Å². The van der Waals surface area contributed by atoms with E-state index in [4.69, 9.17) is 0 Å². The largest absolute Gasteiger partial charge is 0.354 e. The van der Waals surface area contributed by atoms with Crippen LogP contribution in [0.3, 0.4) is 0 Å². The summed E-state index contributed by atoms with van der Waals surface area (Å²) in [5, 5.41) is 4.21. The SMILES string of the molecule is CN(Cc1ccc(-c2ccccc2)cc1)c1cncc(-n2cccn2)n1. The molecule has 2 aromatic heterocycles. The fourth-order valence-electron chi connectivity index (χ4n) is 2.83. The number of rotatable bonds is 5. The van der Waals surface area contributed by atoms with Crippen LogP contribution in [0.4, 0.5) is 5.82 Å². The average molecular weight is 341 g/mol. The van der Waals surface area contributed by atoms with Gasteiger partial charge in [0.2, 0.25) is 0 Å². The summed E-state index contributed by atoms with van der Waals surface area (Å²) in [7, 11) is 2.02. The molecular weight excluding hydrogens is 322 g/mol. The lowest BCUT2D eigenvalue weighted by Gasteiger charge is -2.18. The molecule has 0 bridgehead atoms. The van der Waals surface area contributed by atoms with Crippen molar-refractivity contribution in [1.29, 1.82) is 0 Å². The summed E-state index contributed by atoms with van der Waals surface area (Å²) in [5.41, 5.74) is 3.67. The Labute approximate surface area is 152 Å². The third kappa shape index (κ3) is 3.47. The molecule has 0 amide bonds. The van der Waals surface area contributed by atoms with Gasteiger partial charge in [0.25, 0.3) is 0 Å². The van der Waals surface area contributed by atoms with Crippen LogP contribution in [-0.4, -0.2) is 26.8 Å². The number of hydrogen-bond acceptors (Lipinski definition) is 4. The van der Waals surface area contributed by atoms with E-state index < -0.39 is 0 Å². The third-order valence-corrected chi connectivity index (χ3v) is 4.22. The van der Waals surface area contributed by atoms with E-state index in [2.05, 4.69) is 68.5 Å². The molecule has 5 heteroatoms. The molecule has 0 aliphatic rings. The smallest absolute Gasteiger partial charge is 0.173 e. The lowest BCUT2D eigenvalue weighted by Crippen LogP contribution is -2.18. The van der Waals surface area contributed by atoms with E-state index in [0.717, 1.165) is 12.4 Å². The zero-order chi connectivity index (χ0) is 17.8. The molecule has 26 heavy (non-hydrogen) atoms. The van der Waals surface area contributed by atoms with Crippen molar-refractivity contribution in [3.63, 3.8) is 0 Å². The molecule has 4 rings (SSSR count). The lowest BCUT2D eigenvalue weighted by molar-refractivity contribution is 0.818. The summed E-state index contributed by atoms with van der Waals surface area (Å²) in [6, 6.07) is 20.9. The predicted molar refractivity (Wildman–Crippen MR) is 103 cm³/mol. The Hall–Kier alpha value is -3.47. The maximum absolute atomic E-state index is 4.64. The number of aromatic nitrogens is 4. The first-order chi connectivity index (χ1) is 12.8. The van der Waals surface area contributed by atoms with Crippen molar-refractivity contribution in [3.05, 3.63) is 91.0 Å². The van der Waals surface area contributed by atoms with Crippen molar-refractivity contribution < 1.29 is 0 Å². The summed E-state index contributed by atoms with van der Waals surface area (Å²) in [5.74, 6) is 1.52. The fourth-order valence-corrected chi connectivity index (χ4v) is 2.83. The van der Waals surface area contributed by atoms with Crippen LogP contribution < -0.4 is 4.90 Å². The maximum atomic E-state index is 4.64. The van der Waals surface area contributed by atoms with Crippen LogP contribution in [0.25, 0.3) is 16.9 Å². The van der Waals surface area contributed by atoms with Crippen molar-refractivity contribution in [1.82, 2.24) is 19.7 Å². The second kappa shape index (κ2) is 7.19. The minimum absolute atomic E-state index is 0.707. The van der Waals surface area contributed by atoms with E-state index in [1.165, 1.54) is 16.7 Å². The minimum Gasteiger partial charge on any atom is -0.354 e. The fraction of sp³-hybridized carbons (Fsp3) is 0.0952. The highest BCUT2D eigenvalue weighted by molar-refractivity contribution is 5.63. The van der Waals surface area contributed by atoms with E-state index in [1.807, 2.05) is 25.4 Å². The zero-order valence-corrected chi connectivity index (χ0v) is 14.5. The molecule has 5 nitrogen and oxygen atoms in total. The number of hydrogen-bond donors (Lipinski definition) is 0. The number of anilines is 1. The second-order valence-electron chi connectivity index (χ2n) is 6.11. The van der Waals surface area contributed by atoms with E-state index in [0.29, 0.717) is 5.82 Å². The zero-order valence-electron chi connectivity index (χ0n) is 14.5. The highest BCUT2D eigenvalue weighted by Gasteiger charge is 2.07. The molecule has 0 aliphatic carbocycles. The van der Waals surface area contributed by atoms with E-state index in [-0.39, 0.29) is 0 Å². The van der Waals surface area contributed by atoms with Crippen LogP contribution in [0.1, 0.15) is 5.56 Å². The molecule has 0 N–H and O–H groups in total. The van der Waals surface area contributed by atoms with Crippen LogP contribution in [0, 0.1) is 0 Å². The number of benzene rings is 2. The predicted octanol–water partition coefficient (Wildman–Crippen LogP) is 3.97. The summed E-state index contributed by atoms with van der Waals surface area (Å²) in [6.07, 6.45) is 7.06. The molecule has 0 spiro atoms. The molecule has 0 fully saturated rings. The van der Waals surface area contributed by atoms with Crippen molar-refractivity contribution >= 4 is 5.82 Å². The van der Waals surface area contributed by atoms with Crippen LogP contribution in [-0.2, 0) is 6.54 Å². The van der Waals surface area contributed by atoms with Gasteiger partial charge in [-0.1, -0.05) is 54.6 Å². The summed E-state index contributed by atoms with van der Waals surface area (Å²) < 4.78 is 1.71. The van der Waals surface area contributed by atoms with Crippen LogP contribution in [0.15, 0.2) is 85.5 Å². The lowest BCUT2D eigenvalue weighted by atomic mass is 10.0. The van der Waals surface area contributed by atoms with Crippen LogP contribution in [0.5, 0.6) is 0 Å². The van der Waals surface area contributed by atoms with Gasteiger partial charge in [0.1, 0.15) is 5.82 Å². The first-order valence-corrected chi connectivity index (χ1v) is 8.47. The summed E-state index contributed by atoms with van der Waals surface area (Å²) >= 11 is 0. The quantitative estimate of drug-likeness (QED) is 0.551. The Bertz CT molecular complexity index is 963. The van der Waals surface area contributed by atoms with Crippen LogP contribution in [0.2, 0.25) is 0 Å². The molecular formula is C21H19N5. The van der Waals surface area contributed by atoms with Gasteiger partial charge in [0, 0.05) is 26.0 Å². The molecule has 0 saturated heterocycles. The molecule has 0 unspecified atom stereocenters. The van der Waals surface area contributed by atoms with Crippen molar-refractivity contribution in [2.24, 2.45) is 0 Å². The Morgan fingerprint density at radius 2 is 1.65 bits per heavy atom. The van der Waals surface area contributed by atoms with Gasteiger partial charge in [0.15, 0.2) is 5.82 Å². The molecule has 2 aromatic carbocycles. The van der Waals surface area contributed by atoms with Gasteiger partial charge in [0.05, 0.1) is 12.4 Å². The number of nitrogens with zero attached hydrogens (tertiary/aromatic N) is 5. The summed E-state index contributed by atoms with van der Waals surface area (Å²) in [4.78, 5) is 11.0. The molecule has 128 valence electrons. The van der Waals surface area contributed by atoms with Crippen molar-refractivity contribution in [2.45, 2.75) is 6.54 Å². The molecule has 2 heterocycles. The normalized spacial score (nSPS) is 10.7. The van der Waals surface area contributed by atoms with Crippen molar-refractivity contribution in [3.8, 4) is 16.9 Å². The van der Waals surface area contributed by atoms with E-state index >= 15 is 0 Å². The molecule has 0 aliphatic heterocycles. The Balaban J connectivity index is 1.50. The molecule has 0 saturated carbocycles. The topological polar surface area (TPSA) is 46.8 Å². The van der Waals surface area contributed by atoms with Gasteiger partial charge in [-0.05, 0) is 22.8 Å². The summed E-state index contributed by atoms with van der Waals surface area (Å²) in [6.45, 7) is 0.756. The van der Waals surface area contributed by atoms with Gasteiger partial charge in [-0.15, -0.1) is 0 Å². The highest BCUT2D eigenvalue weighted by Crippen LogP contribution is 2.20. The molecule has 0 radical (unpaired) electrons. The Kier molecular flexibility index (Phi) is 4.43. The standard InChI is InChI=1S/C21H19N5/c1-25(20-14-22-15-21(24-20)26-13-5-12-23-26)16-17-8-10-19(11-9-17)18-6-3-2-4-7-18/h2-15H,16H2,1H3. The maximum Gasteiger partial charge on any atom is 0.173 e. The first kappa shape index (κ1) is 16.0. The first-order valence-electron chi connectivity index (χ1n) is 8.47. The molecule has 0 atom stereocenters. The minimum atomic E-state index is 0.707. The Morgan fingerprint density at radius 1 is 0.885 bits per heavy atom. The molecule has 4 aromatic rings. The average Bonchev–Trinajstić information content (AvgIpc) is 3.24. The van der Waals surface area contributed by atoms with Gasteiger partial charge >= 0.3 is 0 Å². The van der Waals surface area contributed by atoms with Gasteiger partial charge in [-0.2, -0.15) is 5.10 Å². The van der Waals surface area contributed by atoms with Gasteiger partial charge < -0.3 is 4.90 Å². The van der Waals surface area contributed by atoms with E-state index in [9.17, 15) is 0 Å². The third-order valence-electron chi connectivity index (χ3n) is 4.22. The van der Waals surface area contributed by atoms with Crippen molar-refractivity contribution in [2.75, 3.05) is 11.9 Å². The highest BCUT2D eigenvalue weighted by atomic mass is 15.3. The van der Waals surface area contributed by atoms with Gasteiger partial charge in [-0.25, -0.2) is 9.67 Å². The Morgan fingerprint density at radius 3 is 2.38 bits per heavy atom. The van der Waals surface area contributed by atoms with Crippen LogP contribution >= 0.6 is 0 Å².